The molecule has 136 valence electrons. The van der Waals surface area contributed by atoms with E-state index in [-0.39, 0.29) is 11.6 Å². The highest BCUT2D eigenvalue weighted by molar-refractivity contribution is 5.96. The number of nitrogens with zero attached hydrogens (tertiary/aromatic N) is 3. The number of aryl methyl sites for hydroxylation is 2. The first kappa shape index (κ1) is 18.1. The molecule has 1 atom stereocenters. The van der Waals surface area contributed by atoms with E-state index in [4.69, 9.17) is 10.00 Å². The van der Waals surface area contributed by atoms with Crippen molar-refractivity contribution in [3.63, 3.8) is 0 Å². The van der Waals surface area contributed by atoms with Gasteiger partial charge >= 0.3 is 5.91 Å². The van der Waals surface area contributed by atoms with Gasteiger partial charge in [-0.1, -0.05) is 11.6 Å². The van der Waals surface area contributed by atoms with E-state index in [1.54, 1.807) is 31.2 Å². The summed E-state index contributed by atoms with van der Waals surface area (Å²) in [5.74, 6) is -0.278. The van der Waals surface area contributed by atoms with Crippen molar-refractivity contribution in [2.75, 3.05) is 0 Å². The SMILES string of the molecule is Cc1cc(C)c2[nH]c(O)c(N=NC(=O)C(C)Oc3ccc(C#N)cc3)c2c1. The van der Waals surface area contributed by atoms with E-state index < -0.39 is 12.0 Å². The van der Waals surface area contributed by atoms with Crippen LogP contribution in [0.5, 0.6) is 11.6 Å². The molecule has 0 fully saturated rings. The van der Waals surface area contributed by atoms with Gasteiger partial charge in [0.15, 0.2) is 11.8 Å². The Morgan fingerprint density at radius 1 is 1.26 bits per heavy atom. The highest BCUT2D eigenvalue weighted by Gasteiger charge is 2.17. The molecule has 1 unspecified atom stereocenters. The molecule has 0 bridgehead atoms. The third-order valence-electron chi connectivity index (χ3n) is 4.10. The number of ether oxygens (including phenoxy) is 1. The molecule has 1 aromatic heterocycles. The van der Waals surface area contributed by atoms with Gasteiger partial charge in [-0.3, -0.25) is 4.79 Å². The van der Waals surface area contributed by atoms with Crippen molar-refractivity contribution in [3.05, 3.63) is 53.1 Å². The number of carbonyl (C=O) groups is 1. The number of azo groups is 1. The maximum atomic E-state index is 12.2. The van der Waals surface area contributed by atoms with Crippen molar-refractivity contribution >= 4 is 22.5 Å². The van der Waals surface area contributed by atoms with Crippen molar-refractivity contribution < 1.29 is 14.6 Å². The summed E-state index contributed by atoms with van der Waals surface area (Å²) in [4.78, 5) is 15.1. The van der Waals surface area contributed by atoms with Crippen LogP contribution in [0.2, 0.25) is 0 Å². The van der Waals surface area contributed by atoms with Crippen molar-refractivity contribution in [1.29, 1.82) is 5.26 Å². The third-order valence-corrected chi connectivity index (χ3v) is 4.10. The molecule has 1 heterocycles. The van der Waals surface area contributed by atoms with Crippen LogP contribution >= 0.6 is 0 Å². The Hall–Kier alpha value is -3.66. The lowest BCUT2D eigenvalue weighted by Crippen LogP contribution is -2.21. The summed E-state index contributed by atoms with van der Waals surface area (Å²) < 4.78 is 5.52. The summed E-state index contributed by atoms with van der Waals surface area (Å²) in [7, 11) is 0. The standard InChI is InChI=1S/C20H18N4O3/c1-11-8-12(2)17-16(9-11)18(20(26)22-17)23-24-19(25)13(3)27-15-6-4-14(10-21)5-7-15/h4-9,13,22,26H,1-3H3. The van der Waals surface area contributed by atoms with Gasteiger partial charge in [-0.05, 0) is 56.7 Å². The normalized spacial score (nSPS) is 12.2. The largest absolute Gasteiger partial charge is 0.493 e. The number of benzene rings is 2. The lowest BCUT2D eigenvalue weighted by Gasteiger charge is -2.10. The van der Waals surface area contributed by atoms with Crippen LogP contribution in [0.15, 0.2) is 46.6 Å². The molecule has 27 heavy (non-hydrogen) atoms. The van der Waals surface area contributed by atoms with Crippen molar-refractivity contribution in [3.8, 4) is 17.7 Å². The van der Waals surface area contributed by atoms with E-state index in [1.807, 2.05) is 32.0 Å². The van der Waals surface area contributed by atoms with Crippen LogP contribution in [0, 0.1) is 25.2 Å². The average molecular weight is 362 g/mol. The van der Waals surface area contributed by atoms with E-state index >= 15 is 0 Å². The average Bonchev–Trinajstić information content (AvgIpc) is 2.96. The molecule has 2 N–H and O–H groups in total. The van der Waals surface area contributed by atoms with Gasteiger partial charge in [0, 0.05) is 5.39 Å². The van der Waals surface area contributed by atoms with Gasteiger partial charge in [0.2, 0.25) is 5.88 Å². The minimum absolute atomic E-state index is 0.143. The van der Waals surface area contributed by atoms with Crippen LogP contribution in [-0.2, 0) is 4.79 Å². The minimum atomic E-state index is -0.863. The van der Waals surface area contributed by atoms with Gasteiger partial charge in [-0.25, -0.2) is 0 Å². The number of nitriles is 1. The van der Waals surface area contributed by atoms with Crippen LogP contribution < -0.4 is 4.74 Å². The fraction of sp³-hybridized carbons (Fsp3) is 0.200. The van der Waals surface area contributed by atoms with Crippen molar-refractivity contribution in [2.45, 2.75) is 26.9 Å². The Bertz CT molecular complexity index is 1080. The van der Waals surface area contributed by atoms with Gasteiger partial charge in [-0.15, -0.1) is 10.2 Å². The van der Waals surface area contributed by atoms with Crippen LogP contribution in [0.3, 0.4) is 0 Å². The molecule has 0 aliphatic rings. The molecule has 1 amide bonds. The molecular formula is C20H18N4O3. The fourth-order valence-electron chi connectivity index (χ4n) is 2.77. The molecule has 0 saturated heterocycles. The van der Waals surface area contributed by atoms with E-state index in [2.05, 4.69) is 15.2 Å². The molecule has 3 rings (SSSR count). The predicted molar refractivity (Wildman–Crippen MR) is 100 cm³/mol. The maximum absolute atomic E-state index is 12.2. The second kappa shape index (κ2) is 7.30. The number of carbonyl (C=O) groups excluding carboxylic acids is 1. The number of H-pyrrole nitrogens is 1. The molecular weight excluding hydrogens is 344 g/mol. The van der Waals surface area contributed by atoms with Gasteiger partial charge in [0.05, 0.1) is 17.1 Å². The van der Waals surface area contributed by atoms with Crippen molar-refractivity contribution in [1.82, 2.24) is 4.98 Å². The lowest BCUT2D eigenvalue weighted by molar-refractivity contribution is -0.124. The smallest absolute Gasteiger partial charge is 0.304 e. The summed E-state index contributed by atoms with van der Waals surface area (Å²) >= 11 is 0. The first-order valence-corrected chi connectivity index (χ1v) is 8.33. The highest BCUT2D eigenvalue weighted by Crippen LogP contribution is 2.37. The number of aromatic nitrogens is 1. The molecule has 0 aliphatic heterocycles. The monoisotopic (exact) mass is 362 g/mol. The van der Waals surface area contributed by atoms with Crippen LogP contribution in [0.25, 0.3) is 10.9 Å². The zero-order valence-electron chi connectivity index (χ0n) is 15.1. The summed E-state index contributed by atoms with van der Waals surface area (Å²) in [5, 5.41) is 27.2. The van der Waals surface area contributed by atoms with E-state index in [9.17, 15) is 9.90 Å². The van der Waals surface area contributed by atoms with Crippen LogP contribution in [0.4, 0.5) is 5.69 Å². The highest BCUT2D eigenvalue weighted by atomic mass is 16.5. The second-order valence-electron chi connectivity index (χ2n) is 6.26. The van der Waals surface area contributed by atoms with Crippen LogP contribution in [-0.4, -0.2) is 22.1 Å². The predicted octanol–water partition coefficient (Wildman–Crippen LogP) is 4.44. The number of hydrogen-bond donors (Lipinski definition) is 2. The molecule has 0 saturated carbocycles. The number of amides is 1. The number of aromatic hydroxyl groups is 1. The zero-order chi connectivity index (χ0) is 19.6. The van der Waals surface area contributed by atoms with E-state index in [0.717, 1.165) is 16.6 Å². The van der Waals surface area contributed by atoms with Crippen molar-refractivity contribution in [2.24, 2.45) is 10.2 Å². The molecule has 3 aromatic rings. The first-order valence-electron chi connectivity index (χ1n) is 8.33. The topological polar surface area (TPSA) is 111 Å². The summed E-state index contributed by atoms with van der Waals surface area (Å²) in [6.07, 6.45) is -0.863. The second-order valence-corrected chi connectivity index (χ2v) is 6.26. The van der Waals surface area contributed by atoms with Crippen LogP contribution in [0.1, 0.15) is 23.6 Å². The Balaban J connectivity index is 1.79. The fourth-order valence-corrected chi connectivity index (χ4v) is 2.77. The quantitative estimate of drug-likeness (QED) is 0.668. The van der Waals surface area contributed by atoms with E-state index in [0.29, 0.717) is 16.7 Å². The summed E-state index contributed by atoms with van der Waals surface area (Å²) in [5.41, 5.74) is 3.45. The number of fused-ring (bicyclic) bond motifs is 1. The molecule has 0 radical (unpaired) electrons. The molecule has 0 aliphatic carbocycles. The Morgan fingerprint density at radius 3 is 2.63 bits per heavy atom. The maximum Gasteiger partial charge on any atom is 0.304 e. The minimum Gasteiger partial charge on any atom is -0.493 e. The molecule has 2 aromatic carbocycles. The number of nitrogens with one attached hydrogen (secondary N) is 1. The number of aromatic amines is 1. The first-order chi connectivity index (χ1) is 12.9. The third kappa shape index (κ3) is 3.80. The lowest BCUT2D eigenvalue weighted by atomic mass is 10.1. The molecule has 7 heteroatoms. The van der Waals surface area contributed by atoms with Gasteiger partial charge in [-0.2, -0.15) is 5.26 Å². The van der Waals surface area contributed by atoms with Gasteiger partial charge < -0.3 is 14.8 Å². The van der Waals surface area contributed by atoms with Gasteiger partial charge in [0.1, 0.15) is 5.75 Å². The summed E-state index contributed by atoms with van der Waals surface area (Å²) in [6, 6.07) is 12.3. The Morgan fingerprint density at radius 2 is 1.96 bits per heavy atom. The summed E-state index contributed by atoms with van der Waals surface area (Å²) in [6.45, 7) is 5.42. The van der Waals surface area contributed by atoms with E-state index in [1.165, 1.54) is 0 Å². The zero-order valence-corrected chi connectivity index (χ0v) is 15.1. The molecule has 0 spiro atoms. The van der Waals surface area contributed by atoms with Gasteiger partial charge in [0.25, 0.3) is 0 Å². The number of hydrogen-bond acceptors (Lipinski definition) is 5. The Kier molecular flexibility index (Phi) is 4.90. The number of rotatable bonds is 4. The Labute approximate surface area is 155 Å². The molecule has 7 nitrogen and oxygen atoms in total.